The zero-order valence-corrected chi connectivity index (χ0v) is 12.4. The third-order valence-electron chi connectivity index (χ3n) is 4.40. The van der Waals surface area contributed by atoms with Crippen molar-refractivity contribution < 1.29 is 19.0 Å². The van der Waals surface area contributed by atoms with Crippen LogP contribution >= 0.6 is 0 Å². The van der Waals surface area contributed by atoms with Crippen LogP contribution in [0.25, 0.3) is 0 Å². The van der Waals surface area contributed by atoms with Gasteiger partial charge in [-0.1, -0.05) is 6.07 Å². The van der Waals surface area contributed by atoms with Gasteiger partial charge in [0.1, 0.15) is 5.82 Å². The second kappa shape index (κ2) is 6.22. The molecule has 2 unspecified atom stereocenters. The largest absolute Gasteiger partial charge is 0.396 e. The highest BCUT2D eigenvalue weighted by atomic mass is 19.1. The van der Waals surface area contributed by atoms with Crippen LogP contribution in [-0.4, -0.2) is 53.9 Å². The number of likely N-dealkylation sites (tertiary alicyclic amines) is 1. The summed E-state index contributed by atoms with van der Waals surface area (Å²) in [6.07, 6.45) is 1.78. The van der Waals surface area contributed by atoms with Crippen molar-refractivity contribution in [2.24, 2.45) is 0 Å². The van der Waals surface area contributed by atoms with Gasteiger partial charge in [-0.3, -0.25) is 4.79 Å². The molecule has 120 valence electrons. The van der Waals surface area contributed by atoms with Crippen LogP contribution in [0.15, 0.2) is 24.3 Å². The summed E-state index contributed by atoms with van der Waals surface area (Å²) < 4.78 is 19.2. The van der Waals surface area contributed by atoms with Crippen LogP contribution in [0.4, 0.5) is 10.1 Å². The summed E-state index contributed by atoms with van der Waals surface area (Å²) in [7, 11) is 0. The molecule has 0 bridgehead atoms. The van der Waals surface area contributed by atoms with Gasteiger partial charge in [-0.25, -0.2) is 4.39 Å². The number of rotatable bonds is 4. The first kappa shape index (κ1) is 15.2. The fourth-order valence-electron chi connectivity index (χ4n) is 3.35. The van der Waals surface area contributed by atoms with Gasteiger partial charge in [-0.05, 0) is 24.6 Å². The van der Waals surface area contributed by atoms with Crippen molar-refractivity contribution in [1.29, 1.82) is 0 Å². The van der Waals surface area contributed by atoms with E-state index < -0.39 is 0 Å². The van der Waals surface area contributed by atoms with Gasteiger partial charge >= 0.3 is 0 Å². The van der Waals surface area contributed by atoms with Crippen molar-refractivity contribution in [3.8, 4) is 0 Å². The number of hydrogen-bond acceptors (Lipinski definition) is 4. The first-order valence-corrected chi connectivity index (χ1v) is 7.65. The predicted molar refractivity (Wildman–Crippen MR) is 80.0 cm³/mol. The average molecular weight is 308 g/mol. The molecule has 1 amide bonds. The summed E-state index contributed by atoms with van der Waals surface area (Å²) in [4.78, 5) is 13.6. The minimum Gasteiger partial charge on any atom is -0.396 e. The topological polar surface area (TPSA) is 61.8 Å². The Balaban J connectivity index is 1.57. The van der Waals surface area contributed by atoms with E-state index in [4.69, 9.17) is 9.84 Å². The molecule has 22 heavy (non-hydrogen) atoms. The quantitative estimate of drug-likeness (QED) is 0.882. The lowest BCUT2D eigenvalue weighted by Gasteiger charge is -2.23. The number of nitrogens with one attached hydrogen (secondary N) is 1. The molecule has 1 aromatic carbocycles. The fourth-order valence-corrected chi connectivity index (χ4v) is 3.35. The molecule has 2 N–H and O–H groups in total. The van der Waals surface area contributed by atoms with Gasteiger partial charge < -0.3 is 20.1 Å². The molecule has 2 atom stereocenters. The third-order valence-corrected chi connectivity index (χ3v) is 4.40. The molecular weight excluding hydrogens is 287 g/mol. The fraction of sp³-hybridized carbons (Fsp3) is 0.562. The maximum Gasteiger partial charge on any atom is 0.224 e. The molecule has 2 saturated heterocycles. The Kier molecular flexibility index (Phi) is 4.31. The first-order chi connectivity index (χ1) is 10.6. The number of carbonyl (C=O) groups excluding carboxylic acids is 1. The SMILES string of the molecule is O=C(CCO)N1CCC2(CC(Nc3cccc(F)c3)CO2)C1. The third kappa shape index (κ3) is 3.23. The van der Waals surface area contributed by atoms with Gasteiger partial charge in [-0.15, -0.1) is 0 Å². The number of halogens is 1. The van der Waals surface area contributed by atoms with E-state index in [-0.39, 0.29) is 36.4 Å². The lowest BCUT2D eigenvalue weighted by molar-refractivity contribution is -0.131. The van der Waals surface area contributed by atoms with Crippen molar-refractivity contribution in [1.82, 2.24) is 4.90 Å². The standard InChI is InChI=1S/C16H21FN2O3/c17-12-2-1-3-13(8-12)18-14-9-16(22-10-14)5-6-19(11-16)15(21)4-7-20/h1-3,8,14,18,20H,4-7,9-11H2. The molecule has 0 aromatic heterocycles. The number of amides is 1. The van der Waals surface area contributed by atoms with E-state index >= 15 is 0 Å². The van der Waals surface area contributed by atoms with Crippen LogP contribution in [0, 0.1) is 5.82 Å². The van der Waals surface area contributed by atoms with Crippen molar-refractivity contribution in [3.05, 3.63) is 30.1 Å². The molecular formula is C16H21FN2O3. The average Bonchev–Trinajstić information content (AvgIpc) is 3.07. The van der Waals surface area contributed by atoms with Crippen molar-refractivity contribution in [2.45, 2.75) is 30.9 Å². The molecule has 2 aliphatic heterocycles. The molecule has 1 spiro atoms. The highest BCUT2D eigenvalue weighted by molar-refractivity contribution is 5.76. The van der Waals surface area contributed by atoms with Gasteiger partial charge in [-0.2, -0.15) is 0 Å². The van der Waals surface area contributed by atoms with Gasteiger partial charge in [0.2, 0.25) is 5.91 Å². The van der Waals surface area contributed by atoms with Gasteiger partial charge in [0.15, 0.2) is 0 Å². The Bertz CT molecular complexity index is 554. The molecule has 2 heterocycles. The molecule has 6 heteroatoms. The minimum atomic E-state index is -0.296. The van der Waals surface area contributed by atoms with Crippen LogP contribution in [0.5, 0.6) is 0 Å². The van der Waals surface area contributed by atoms with Crippen LogP contribution in [0.2, 0.25) is 0 Å². The first-order valence-electron chi connectivity index (χ1n) is 7.65. The predicted octanol–water partition coefficient (Wildman–Crippen LogP) is 1.38. The summed E-state index contributed by atoms with van der Waals surface area (Å²) in [5.41, 5.74) is 0.452. The highest BCUT2D eigenvalue weighted by Crippen LogP contribution is 2.36. The van der Waals surface area contributed by atoms with Gasteiger partial charge in [0.05, 0.1) is 24.9 Å². The van der Waals surface area contributed by atoms with Crippen LogP contribution in [-0.2, 0) is 9.53 Å². The van der Waals surface area contributed by atoms with Crippen molar-refractivity contribution in [3.63, 3.8) is 0 Å². The van der Waals surface area contributed by atoms with Crippen molar-refractivity contribution in [2.75, 3.05) is 31.6 Å². The maximum atomic E-state index is 13.2. The number of aliphatic hydroxyl groups is 1. The van der Waals surface area contributed by atoms with E-state index in [0.717, 1.165) is 18.5 Å². The second-order valence-corrected chi connectivity index (χ2v) is 6.09. The summed E-state index contributed by atoms with van der Waals surface area (Å²) in [6.45, 7) is 1.68. The molecule has 0 saturated carbocycles. The Morgan fingerprint density at radius 3 is 3.18 bits per heavy atom. The number of benzene rings is 1. The van der Waals surface area contributed by atoms with E-state index in [1.165, 1.54) is 12.1 Å². The molecule has 0 radical (unpaired) electrons. The van der Waals surface area contributed by atoms with E-state index in [9.17, 15) is 9.18 Å². The smallest absolute Gasteiger partial charge is 0.224 e. The zero-order valence-electron chi connectivity index (χ0n) is 12.4. The van der Waals surface area contributed by atoms with Crippen LogP contribution in [0.3, 0.4) is 0 Å². The van der Waals surface area contributed by atoms with Gasteiger partial charge in [0, 0.05) is 31.6 Å². The summed E-state index contributed by atoms with van der Waals surface area (Å²) >= 11 is 0. The molecule has 5 nitrogen and oxygen atoms in total. The monoisotopic (exact) mass is 308 g/mol. The number of anilines is 1. The summed E-state index contributed by atoms with van der Waals surface area (Å²) in [5, 5.41) is 12.2. The van der Waals surface area contributed by atoms with E-state index in [1.54, 1.807) is 11.0 Å². The number of ether oxygens (including phenoxy) is 1. The minimum absolute atomic E-state index is 0.0236. The Labute approximate surface area is 129 Å². The molecule has 1 aromatic rings. The summed E-state index contributed by atoms with van der Waals surface area (Å²) in [6, 6.07) is 6.51. The lowest BCUT2D eigenvalue weighted by Crippen LogP contribution is -2.36. The van der Waals surface area contributed by atoms with Crippen LogP contribution < -0.4 is 5.32 Å². The Morgan fingerprint density at radius 2 is 2.41 bits per heavy atom. The lowest BCUT2D eigenvalue weighted by atomic mass is 9.97. The molecule has 3 rings (SSSR count). The number of hydrogen-bond donors (Lipinski definition) is 2. The van der Waals surface area contributed by atoms with E-state index in [2.05, 4.69) is 5.32 Å². The number of nitrogens with zero attached hydrogens (tertiary/aromatic N) is 1. The number of carbonyl (C=O) groups is 1. The second-order valence-electron chi connectivity index (χ2n) is 6.09. The zero-order chi connectivity index (χ0) is 15.6. The molecule has 0 aliphatic carbocycles. The molecule has 2 aliphatic rings. The van der Waals surface area contributed by atoms with E-state index in [1.807, 2.05) is 6.07 Å². The number of aliphatic hydroxyl groups excluding tert-OH is 1. The highest BCUT2D eigenvalue weighted by Gasteiger charge is 2.46. The van der Waals surface area contributed by atoms with E-state index in [0.29, 0.717) is 19.7 Å². The van der Waals surface area contributed by atoms with Gasteiger partial charge in [0.25, 0.3) is 0 Å². The van der Waals surface area contributed by atoms with Crippen molar-refractivity contribution >= 4 is 11.6 Å². The Morgan fingerprint density at radius 1 is 1.55 bits per heavy atom. The Hall–Kier alpha value is -1.66. The summed E-state index contributed by atoms with van der Waals surface area (Å²) in [5.74, 6) is -0.287. The maximum absolute atomic E-state index is 13.2. The molecule has 2 fully saturated rings. The normalized spacial score (nSPS) is 27.5. The van der Waals surface area contributed by atoms with Crippen LogP contribution in [0.1, 0.15) is 19.3 Å².